The molecule has 5 atom stereocenters. The van der Waals surface area contributed by atoms with Gasteiger partial charge in [0.1, 0.15) is 52.5 Å². The van der Waals surface area contributed by atoms with Crippen molar-refractivity contribution in [3.8, 4) is 28.7 Å². The van der Waals surface area contributed by atoms with Crippen LogP contribution in [0.25, 0.3) is 0 Å². The van der Waals surface area contributed by atoms with Crippen molar-refractivity contribution in [1.82, 2.24) is 0 Å². The predicted octanol–water partition coefficient (Wildman–Crippen LogP) is 5.40. The fourth-order valence-corrected chi connectivity index (χ4v) is 7.99. The van der Waals surface area contributed by atoms with E-state index in [4.69, 9.17) is 43.0 Å². The first-order chi connectivity index (χ1) is 26.9. The molecule has 2 bridgehead atoms. The summed E-state index contributed by atoms with van der Waals surface area (Å²) in [6.45, 7) is 0.575. The number of likely N-dealkylation sites (N-methyl/N-ethyl adjacent to an activating group) is 1. The van der Waals surface area contributed by atoms with E-state index in [0.29, 0.717) is 46.1 Å². The molecule has 0 aromatic heterocycles. The van der Waals surface area contributed by atoms with Gasteiger partial charge in [-0.25, -0.2) is 9.59 Å². The molecule has 1 unspecified atom stereocenters. The molecule has 6 rings (SSSR count). The van der Waals surface area contributed by atoms with Gasteiger partial charge in [-0.1, -0.05) is 36.4 Å². The smallest absolute Gasteiger partial charge is 0.344 e. The van der Waals surface area contributed by atoms with Crippen molar-refractivity contribution in [3.05, 3.63) is 114 Å². The van der Waals surface area contributed by atoms with E-state index in [1.807, 2.05) is 72.8 Å². The molecule has 296 valence electrons. The summed E-state index contributed by atoms with van der Waals surface area (Å²) >= 11 is 0. The molecular weight excluding hydrogens is 722 g/mol. The number of nitrogens with zero attached hydrogens (tertiary/aromatic N) is 1. The lowest BCUT2D eigenvalue weighted by Gasteiger charge is -2.45. The summed E-state index contributed by atoms with van der Waals surface area (Å²) in [6, 6.07) is 28.8. The third kappa shape index (κ3) is 8.38. The Morgan fingerprint density at radius 3 is 1.39 bits per heavy atom. The van der Waals surface area contributed by atoms with Gasteiger partial charge in [0.2, 0.25) is 0 Å². The summed E-state index contributed by atoms with van der Waals surface area (Å²) in [6.07, 6.45) is -1.01. The molecule has 2 heterocycles. The Kier molecular flexibility index (Phi) is 12.1. The van der Waals surface area contributed by atoms with Gasteiger partial charge in [0, 0.05) is 19.8 Å². The number of rotatable bonds is 16. The Labute approximate surface area is 326 Å². The van der Waals surface area contributed by atoms with Gasteiger partial charge in [0.15, 0.2) is 25.4 Å². The second kappa shape index (κ2) is 16.9. The Morgan fingerprint density at radius 2 is 1.00 bits per heavy atom. The average Bonchev–Trinajstić information content (AvgIpc) is 3.28. The average molecular weight is 771 g/mol. The molecular formula is C43H48NO12+. The molecule has 2 aliphatic heterocycles. The summed E-state index contributed by atoms with van der Waals surface area (Å²) in [4.78, 5) is 36.9. The number of carbonyl (C=O) groups is 3. The molecule has 13 heteroatoms. The van der Waals surface area contributed by atoms with Crippen LogP contribution in [0.15, 0.2) is 97.1 Å². The van der Waals surface area contributed by atoms with E-state index >= 15 is 0 Å². The van der Waals surface area contributed by atoms with Crippen LogP contribution in [0.3, 0.4) is 0 Å². The molecule has 0 spiro atoms. The Balaban J connectivity index is 1.34. The van der Waals surface area contributed by atoms with Crippen molar-refractivity contribution in [3.63, 3.8) is 0 Å². The highest BCUT2D eigenvalue weighted by Crippen LogP contribution is 2.50. The van der Waals surface area contributed by atoms with Crippen LogP contribution in [0.5, 0.6) is 28.7 Å². The standard InChI is InChI=1S/C43H47NO12/c1-27(45)54-41-37-23-36(55-40(48)26-53-35-21-19-34(20-22-35)52-25-39(46)47)24-38(44(37,2)3)42(41)56-43(28-7-13-31(49-4)14-8-28,29-9-15-32(50-5)16-10-29)30-11-17-33(51-6)18-12-30/h7-22,36-38,41-42H,23-26H2,1-6H3/p+1/t36?,37-,38+,41-,42+/m0/s1. The summed E-state index contributed by atoms with van der Waals surface area (Å²) < 4.78 is 47.7. The third-order valence-corrected chi connectivity index (χ3v) is 10.7. The van der Waals surface area contributed by atoms with Crippen molar-refractivity contribution in [2.24, 2.45) is 0 Å². The van der Waals surface area contributed by atoms with E-state index in [1.54, 1.807) is 45.6 Å². The summed E-state index contributed by atoms with van der Waals surface area (Å²) in [7, 11) is 9.03. The number of hydrogen-bond donors (Lipinski definition) is 1. The van der Waals surface area contributed by atoms with Crippen molar-refractivity contribution in [2.75, 3.05) is 48.6 Å². The lowest BCUT2D eigenvalue weighted by molar-refractivity contribution is -0.934. The second-order valence-corrected chi connectivity index (χ2v) is 14.3. The number of fused-ring (bicyclic) bond motifs is 2. The first-order valence-electron chi connectivity index (χ1n) is 18.3. The minimum Gasteiger partial charge on any atom is -0.497 e. The van der Waals surface area contributed by atoms with E-state index < -0.39 is 48.4 Å². The van der Waals surface area contributed by atoms with Crippen LogP contribution < -0.4 is 23.7 Å². The number of esters is 2. The Bertz CT molecular complexity index is 1850. The van der Waals surface area contributed by atoms with Gasteiger partial charge >= 0.3 is 17.9 Å². The maximum absolute atomic E-state index is 13.2. The fourth-order valence-electron chi connectivity index (χ4n) is 7.99. The van der Waals surface area contributed by atoms with Crippen LogP contribution in [-0.2, 0) is 34.2 Å². The zero-order chi connectivity index (χ0) is 40.0. The van der Waals surface area contributed by atoms with Crippen molar-refractivity contribution < 1.29 is 61.9 Å². The van der Waals surface area contributed by atoms with E-state index in [0.717, 1.165) is 16.7 Å². The highest BCUT2D eigenvalue weighted by Gasteiger charge is 2.65. The van der Waals surface area contributed by atoms with Gasteiger partial charge in [-0.3, -0.25) is 4.79 Å². The Hall–Kier alpha value is -5.79. The molecule has 4 aromatic rings. The van der Waals surface area contributed by atoms with Crippen LogP contribution >= 0.6 is 0 Å². The number of quaternary nitrogens is 1. The monoisotopic (exact) mass is 770 g/mol. The highest BCUT2D eigenvalue weighted by molar-refractivity contribution is 5.71. The molecule has 0 aliphatic carbocycles. The van der Waals surface area contributed by atoms with Gasteiger partial charge in [-0.15, -0.1) is 0 Å². The summed E-state index contributed by atoms with van der Waals surface area (Å²) in [5.74, 6) is 0.685. The lowest BCUT2D eigenvalue weighted by atomic mass is 9.79. The van der Waals surface area contributed by atoms with Crippen molar-refractivity contribution in [2.45, 2.75) is 55.8 Å². The van der Waals surface area contributed by atoms with Crippen molar-refractivity contribution in [1.29, 1.82) is 0 Å². The molecule has 1 N–H and O–H groups in total. The second-order valence-electron chi connectivity index (χ2n) is 14.3. The maximum atomic E-state index is 13.2. The molecule has 0 amide bonds. The zero-order valence-corrected chi connectivity index (χ0v) is 32.3. The van der Waals surface area contributed by atoms with E-state index in [2.05, 4.69) is 14.1 Å². The molecule has 2 aliphatic rings. The fraction of sp³-hybridized carbons (Fsp3) is 0.372. The molecule has 0 saturated carbocycles. The molecule has 2 fully saturated rings. The third-order valence-electron chi connectivity index (χ3n) is 10.7. The van der Waals surface area contributed by atoms with Crippen LogP contribution in [0.1, 0.15) is 36.5 Å². The number of ether oxygens (including phenoxy) is 8. The first kappa shape index (κ1) is 39.9. The number of benzene rings is 4. The first-order valence-corrected chi connectivity index (χ1v) is 18.3. The van der Waals surface area contributed by atoms with Gasteiger partial charge < -0.3 is 47.5 Å². The quantitative estimate of drug-likeness (QED) is 0.0886. The molecule has 2 saturated heterocycles. The largest absolute Gasteiger partial charge is 0.497 e. The number of carbonyl (C=O) groups excluding carboxylic acids is 2. The summed E-state index contributed by atoms with van der Waals surface area (Å²) in [5.41, 5.74) is 1.19. The molecule has 4 aromatic carbocycles. The molecule has 56 heavy (non-hydrogen) atoms. The highest BCUT2D eigenvalue weighted by atomic mass is 16.6. The number of aliphatic carboxylic acids is 1. The number of methoxy groups -OCH3 is 3. The number of hydrogen-bond acceptors (Lipinski definition) is 11. The van der Waals surface area contributed by atoms with E-state index in [1.165, 1.54) is 6.92 Å². The van der Waals surface area contributed by atoms with Gasteiger partial charge in [-0.05, 0) is 77.4 Å². The van der Waals surface area contributed by atoms with E-state index in [-0.39, 0.29) is 18.7 Å². The predicted molar refractivity (Wildman–Crippen MR) is 203 cm³/mol. The van der Waals surface area contributed by atoms with Crippen LogP contribution in [0.4, 0.5) is 0 Å². The van der Waals surface area contributed by atoms with Gasteiger partial charge in [-0.2, -0.15) is 0 Å². The molecule has 0 radical (unpaired) electrons. The van der Waals surface area contributed by atoms with Crippen LogP contribution in [0, 0.1) is 0 Å². The summed E-state index contributed by atoms with van der Waals surface area (Å²) in [5, 5.41) is 8.84. The van der Waals surface area contributed by atoms with Gasteiger partial charge in [0.25, 0.3) is 0 Å². The van der Waals surface area contributed by atoms with Gasteiger partial charge in [0.05, 0.1) is 35.4 Å². The van der Waals surface area contributed by atoms with Crippen LogP contribution in [0.2, 0.25) is 0 Å². The van der Waals surface area contributed by atoms with E-state index in [9.17, 15) is 14.4 Å². The zero-order valence-electron chi connectivity index (χ0n) is 32.3. The maximum Gasteiger partial charge on any atom is 0.344 e. The minimum absolute atomic E-state index is 0.274. The number of carboxylic acids is 1. The normalized spacial score (nSPS) is 21.0. The lowest BCUT2D eigenvalue weighted by Crippen LogP contribution is -2.59. The number of carboxylic acid groups (broad SMARTS) is 1. The minimum atomic E-state index is -1.24. The molecule has 13 nitrogen and oxygen atoms in total. The number of piperidine rings is 1. The topological polar surface area (TPSA) is 145 Å². The van der Waals surface area contributed by atoms with Crippen LogP contribution in [-0.4, -0.2) is 107 Å². The Morgan fingerprint density at radius 1 is 0.607 bits per heavy atom. The SMILES string of the molecule is COc1ccc(C(O[C@H]2[C@@H](OC(C)=O)[C@@H]3CC(OC(=O)COc4ccc(OCC(=O)O)cc4)C[C@H]2[N+]3(C)C)(c2ccc(OC)cc2)c2ccc(OC)cc2)cc1. The van der Waals surface area contributed by atoms with Crippen molar-refractivity contribution >= 4 is 17.9 Å².